The van der Waals surface area contributed by atoms with E-state index in [0.717, 1.165) is 16.5 Å². The molecule has 0 bridgehead atoms. The second-order valence-electron chi connectivity index (χ2n) is 3.93. The van der Waals surface area contributed by atoms with Gasteiger partial charge in [-0.2, -0.15) is 0 Å². The lowest BCUT2D eigenvalue weighted by Gasteiger charge is -2.05. The molecular formula is C14H9FN2O. The van der Waals surface area contributed by atoms with E-state index in [4.69, 9.17) is 0 Å². The van der Waals surface area contributed by atoms with Crippen LogP contribution in [0.5, 0.6) is 5.75 Å². The van der Waals surface area contributed by atoms with Crippen LogP contribution in [-0.2, 0) is 0 Å². The van der Waals surface area contributed by atoms with Crippen molar-refractivity contribution < 1.29 is 9.50 Å². The monoisotopic (exact) mass is 240 g/mol. The summed E-state index contributed by atoms with van der Waals surface area (Å²) < 4.78 is 12.9. The van der Waals surface area contributed by atoms with Crippen molar-refractivity contribution in [3.8, 4) is 17.0 Å². The maximum Gasteiger partial charge on any atom is 0.123 e. The zero-order valence-corrected chi connectivity index (χ0v) is 9.34. The molecule has 0 saturated heterocycles. The fourth-order valence-corrected chi connectivity index (χ4v) is 1.88. The van der Waals surface area contributed by atoms with Gasteiger partial charge in [-0.25, -0.2) is 14.4 Å². The lowest BCUT2D eigenvalue weighted by atomic mass is 10.1. The minimum Gasteiger partial charge on any atom is -0.508 e. The molecule has 0 aliphatic carbocycles. The Hall–Kier alpha value is -2.49. The van der Waals surface area contributed by atoms with E-state index in [1.54, 1.807) is 30.3 Å². The molecule has 18 heavy (non-hydrogen) atoms. The topological polar surface area (TPSA) is 46.0 Å². The van der Waals surface area contributed by atoms with Crippen molar-refractivity contribution in [2.24, 2.45) is 0 Å². The Bertz CT molecular complexity index is 711. The van der Waals surface area contributed by atoms with E-state index in [1.165, 1.54) is 18.5 Å². The highest BCUT2D eigenvalue weighted by Crippen LogP contribution is 2.27. The van der Waals surface area contributed by atoms with Gasteiger partial charge in [-0.05, 0) is 42.5 Å². The zero-order valence-electron chi connectivity index (χ0n) is 9.34. The summed E-state index contributed by atoms with van der Waals surface area (Å²) in [6.07, 6.45) is 1.46. The summed E-state index contributed by atoms with van der Waals surface area (Å²) in [4.78, 5) is 8.33. The predicted molar refractivity (Wildman–Crippen MR) is 66.6 cm³/mol. The number of hydrogen-bond acceptors (Lipinski definition) is 3. The van der Waals surface area contributed by atoms with Crippen molar-refractivity contribution in [2.75, 3.05) is 0 Å². The van der Waals surface area contributed by atoms with Gasteiger partial charge in [0.15, 0.2) is 0 Å². The molecule has 88 valence electrons. The number of phenolic OH excluding ortho intramolecular Hbond substituents is 1. The van der Waals surface area contributed by atoms with E-state index >= 15 is 0 Å². The third-order valence-corrected chi connectivity index (χ3v) is 2.74. The van der Waals surface area contributed by atoms with E-state index in [0.29, 0.717) is 5.69 Å². The second-order valence-corrected chi connectivity index (χ2v) is 3.93. The first kappa shape index (κ1) is 10.7. The van der Waals surface area contributed by atoms with E-state index in [-0.39, 0.29) is 11.6 Å². The molecule has 1 aromatic heterocycles. The van der Waals surface area contributed by atoms with E-state index in [1.807, 2.05) is 0 Å². The van der Waals surface area contributed by atoms with Crippen LogP contribution in [0, 0.1) is 5.82 Å². The Morgan fingerprint density at radius 2 is 1.72 bits per heavy atom. The molecule has 3 rings (SSSR count). The van der Waals surface area contributed by atoms with Gasteiger partial charge >= 0.3 is 0 Å². The molecule has 1 heterocycles. The second kappa shape index (κ2) is 4.07. The smallest absolute Gasteiger partial charge is 0.123 e. The highest BCUT2D eigenvalue weighted by molar-refractivity contribution is 5.92. The number of rotatable bonds is 1. The van der Waals surface area contributed by atoms with Gasteiger partial charge in [0.05, 0.1) is 11.2 Å². The molecule has 0 saturated carbocycles. The standard InChI is InChI=1S/C14H9FN2O/c15-10-3-1-9(2-4-10)14-12-7-11(18)5-6-13(12)16-8-17-14/h1-8,18H. The van der Waals surface area contributed by atoms with Crippen LogP contribution in [0.15, 0.2) is 48.8 Å². The summed E-state index contributed by atoms with van der Waals surface area (Å²) in [6.45, 7) is 0. The van der Waals surface area contributed by atoms with Gasteiger partial charge in [-0.1, -0.05) is 0 Å². The number of fused-ring (bicyclic) bond motifs is 1. The summed E-state index contributed by atoms with van der Waals surface area (Å²) >= 11 is 0. The zero-order chi connectivity index (χ0) is 12.5. The average Bonchev–Trinajstić information content (AvgIpc) is 2.39. The van der Waals surface area contributed by atoms with Crippen LogP contribution in [0.3, 0.4) is 0 Å². The van der Waals surface area contributed by atoms with E-state index in [9.17, 15) is 9.50 Å². The van der Waals surface area contributed by atoms with Crippen LogP contribution in [0.2, 0.25) is 0 Å². The molecule has 1 N–H and O–H groups in total. The lowest BCUT2D eigenvalue weighted by Crippen LogP contribution is -1.89. The van der Waals surface area contributed by atoms with Gasteiger partial charge in [0.2, 0.25) is 0 Å². The summed E-state index contributed by atoms with van der Waals surface area (Å²) in [7, 11) is 0. The Morgan fingerprint density at radius 3 is 2.50 bits per heavy atom. The molecule has 0 aliphatic heterocycles. The Labute approximate surface area is 103 Å². The van der Waals surface area contributed by atoms with Crippen molar-refractivity contribution >= 4 is 10.9 Å². The maximum atomic E-state index is 12.9. The van der Waals surface area contributed by atoms with Gasteiger partial charge in [0, 0.05) is 10.9 Å². The van der Waals surface area contributed by atoms with Crippen molar-refractivity contribution in [2.45, 2.75) is 0 Å². The van der Waals surface area contributed by atoms with E-state index in [2.05, 4.69) is 9.97 Å². The largest absolute Gasteiger partial charge is 0.508 e. The van der Waals surface area contributed by atoms with Crippen LogP contribution in [-0.4, -0.2) is 15.1 Å². The summed E-state index contributed by atoms with van der Waals surface area (Å²) in [5, 5.41) is 10.3. The molecule has 0 fully saturated rings. The predicted octanol–water partition coefficient (Wildman–Crippen LogP) is 3.14. The maximum absolute atomic E-state index is 12.9. The van der Waals surface area contributed by atoms with Crippen molar-refractivity contribution in [1.29, 1.82) is 0 Å². The number of phenols is 1. The van der Waals surface area contributed by atoms with Crippen LogP contribution in [0.4, 0.5) is 4.39 Å². The van der Waals surface area contributed by atoms with Crippen LogP contribution in [0.25, 0.3) is 22.2 Å². The minimum absolute atomic E-state index is 0.153. The number of aromatic nitrogens is 2. The first-order valence-corrected chi connectivity index (χ1v) is 5.44. The Morgan fingerprint density at radius 1 is 0.944 bits per heavy atom. The third kappa shape index (κ3) is 1.78. The Balaban J connectivity index is 2.28. The number of halogens is 1. The number of hydrogen-bond donors (Lipinski definition) is 1. The van der Waals surface area contributed by atoms with Crippen LogP contribution >= 0.6 is 0 Å². The highest BCUT2D eigenvalue weighted by Gasteiger charge is 2.07. The molecule has 3 aromatic rings. The fraction of sp³-hybridized carbons (Fsp3) is 0. The number of benzene rings is 2. The molecule has 0 amide bonds. The summed E-state index contributed by atoms with van der Waals surface area (Å²) in [6, 6.07) is 11.0. The molecule has 0 unspecified atom stereocenters. The molecule has 3 nitrogen and oxygen atoms in total. The number of nitrogens with zero attached hydrogens (tertiary/aromatic N) is 2. The SMILES string of the molecule is Oc1ccc2ncnc(-c3ccc(F)cc3)c2c1. The molecule has 0 aliphatic rings. The van der Waals surface area contributed by atoms with Crippen molar-refractivity contribution in [3.05, 3.63) is 54.6 Å². The normalized spacial score (nSPS) is 10.7. The fourth-order valence-electron chi connectivity index (χ4n) is 1.88. The van der Waals surface area contributed by atoms with Gasteiger partial charge in [-0.3, -0.25) is 0 Å². The minimum atomic E-state index is -0.292. The van der Waals surface area contributed by atoms with Gasteiger partial charge in [-0.15, -0.1) is 0 Å². The van der Waals surface area contributed by atoms with Gasteiger partial charge in [0.1, 0.15) is 17.9 Å². The van der Waals surface area contributed by atoms with Crippen LogP contribution < -0.4 is 0 Å². The van der Waals surface area contributed by atoms with Gasteiger partial charge < -0.3 is 5.11 Å². The molecular weight excluding hydrogens is 231 g/mol. The van der Waals surface area contributed by atoms with E-state index < -0.39 is 0 Å². The quantitative estimate of drug-likeness (QED) is 0.710. The average molecular weight is 240 g/mol. The molecule has 4 heteroatoms. The van der Waals surface area contributed by atoms with Crippen LogP contribution in [0.1, 0.15) is 0 Å². The van der Waals surface area contributed by atoms with Crippen molar-refractivity contribution in [1.82, 2.24) is 9.97 Å². The summed E-state index contributed by atoms with van der Waals surface area (Å²) in [5.74, 6) is -0.138. The molecule has 0 radical (unpaired) electrons. The third-order valence-electron chi connectivity index (χ3n) is 2.74. The Kier molecular flexibility index (Phi) is 2.41. The van der Waals surface area contributed by atoms with Crippen molar-refractivity contribution in [3.63, 3.8) is 0 Å². The molecule has 0 spiro atoms. The van der Waals surface area contributed by atoms with Gasteiger partial charge in [0.25, 0.3) is 0 Å². The molecule has 0 atom stereocenters. The lowest BCUT2D eigenvalue weighted by molar-refractivity contribution is 0.476. The summed E-state index contributed by atoms with van der Waals surface area (Å²) in [5.41, 5.74) is 2.20. The highest BCUT2D eigenvalue weighted by atomic mass is 19.1. The molecule has 2 aromatic carbocycles. The first-order chi connectivity index (χ1) is 8.74. The number of aromatic hydroxyl groups is 1. The first-order valence-electron chi connectivity index (χ1n) is 5.44.